The lowest BCUT2D eigenvalue weighted by atomic mass is 10.2. The van der Waals surface area contributed by atoms with E-state index in [0.717, 1.165) is 12.2 Å². The van der Waals surface area contributed by atoms with Crippen LogP contribution in [0.25, 0.3) is 0 Å². The largest absolute Gasteiger partial charge is 0.455 e. The zero-order chi connectivity index (χ0) is 15.2. The summed E-state index contributed by atoms with van der Waals surface area (Å²) in [6.07, 6.45) is 1.61. The van der Waals surface area contributed by atoms with Crippen molar-refractivity contribution < 1.29 is 9.66 Å². The summed E-state index contributed by atoms with van der Waals surface area (Å²) in [5.74, 6) is 0.960. The Hall–Kier alpha value is -2.47. The maximum atomic E-state index is 10.7. The number of benzene rings is 1. The fraction of sp³-hybridized carbons (Fsp3) is 0.267. The van der Waals surface area contributed by atoms with Gasteiger partial charge in [0.05, 0.1) is 22.9 Å². The van der Waals surface area contributed by atoms with E-state index in [0.29, 0.717) is 11.5 Å². The second kappa shape index (κ2) is 6.81. The van der Waals surface area contributed by atoms with Crippen LogP contribution in [0.15, 0.2) is 42.6 Å². The van der Waals surface area contributed by atoms with E-state index in [9.17, 15) is 10.1 Å². The molecule has 0 radical (unpaired) electrons. The molecule has 1 aromatic heterocycles. The number of ether oxygens (including phenoxy) is 1. The van der Waals surface area contributed by atoms with Crippen molar-refractivity contribution in [1.29, 1.82) is 0 Å². The predicted molar refractivity (Wildman–Crippen MR) is 79.5 cm³/mol. The molecule has 1 atom stereocenters. The van der Waals surface area contributed by atoms with Crippen molar-refractivity contribution in [3.8, 4) is 11.5 Å². The molecule has 0 aliphatic carbocycles. The third kappa shape index (κ3) is 4.00. The van der Waals surface area contributed by atoms with Gasteiger partial charge >= 0.3 is 0 Å². The molecule has 0 fully saturated rings. The number of aromatic nitrogens is 1. The van der Waals surface area contributed by atoms with Gasteiger partial charge in [0.25, 0.3) is 5.69 Å². The number of nitro benzene ring substituents is 1. The first-order chi connectivity index (χ1) is 10.1. The standard InChI is InChI=1S/C15H17N3O3/c1-3-16-11(2)15-8-7-14(10-17-15)21-13-6-4-5-12(9-13)18(19)20/h4-11,16H,3H2,1-2H3. The SMILES string of the molecule is CCNC(C)c1ccc(Oc2cccc([N+](=O)[O-])c2)cn1. The Morgan fingerprint density at radius 1 is 1.33 bits per heavy atom. The number of nitro groups is 1. The average molecular weight is 287 g/mol. The first kappa shape index (κ1) is 14.9. The fourth-order valence-corrected chi connectivity index (χ4v) is 1.92. The molecule has 1 aromatic carbocycles. The summed E-state index contributed by atoms with van der Waals surface area (Å²) >= 11 is 0. The van der Waals surface area contributed by atoms with Crippen LogP contribution in [0.5, 0.6) is 11.5 Å². The Morgan fingerprint density at radius 3 is 2.76 bits per heavy atom. The van der Waals surface area contributed by atoms with E-state index >= 15 is 0 Å². The van der Waals surface area contributed by atoms with Crippen LogP contribution < -0.4 is 10.1 Å². The Balaban J connectivity index is 2.10. The highest BCUT2D eigenvalue weighted by atomic mass is 16.6. The predicted octanol–water partition coefficient (Wildman–Crippen LogP) is 3.45. The summed E-state index contributed by atoms with van der Waals surface area (Å²) in [6.45, 7) is 4.94. The van der Waals surface area contributed by atoms with E-state index in [1.807, 2.05) is 19.9 Å². The number of pyridine rings is 1. The van der Waals surface area contributed by atoms with Gasteiger partial charge in [-0.1, -0.05) is 13.0 Å². The molecule has 0 saturated carbocycles. The second-order valence-electron chi connectivity index (χ2n) is 4.55. The summed E-state index contributed by atoms with van der Waals surface area (Å²) in [5.41, 5.74) is 0.918. The molecule has 1 N–H and O–H groups in total. The second-order valence-corrected chi connectivity index (χ2v) is 4.55. The van der Waals surface area contributed by atoms with Gasteiger partial charge in [0.2, 0.25) is 0 Å². The first-order valence-electron chi connectivity index (χ1n) is 6.71. The van der Waals surface area contributed by atoms with Crippen LogP contribution in [0.1, 0.15) is 25.6 Å². The molecule has 6 heteroatoms. The van der Waals surface area contributed by atoms with Crippen molar-refractivity contribution in [3.05, 3.63) is 58.4 Å². The molecule has 1 heterocycles. The smallest absolute Gasteiger partial charge is 0.273 e. The summed E-state index contributed by atoms with van der Waals surface area (Å²) in [5, 5.41) is 14.0. The van der Waals surface area contributed by atoms with E-state index < -0.39 is 4.92 Å². The van der Waals surface area contributed by atoms with Crippen LogP contribution in [-0.4, -0.2) is 16.5 Å². The van der Waals surface area contributed by atoms with Crippen LogP contribution in [-0.2, 0) is 0 Å². The van der Waals surface area contributed by atoms with E-state index in [1.54, 1.807) is 24.4 Å². The third-order valence-corrected chi connectivity index (χ3v) is 2.98. The van der Waals surface area contributed by atoms with Crippen LogP contribution >= 0.6 is 0 Å². The molecule has 0 saturated heterocycles. The maximum absolute atomic E-state index is 10.7. The molecule has 2 rings (SSSR count). The minimum Gasteiger partial charge on any atom is -0.455 e. The van der Waals surface area contributed by atoms with Crippen molar-refractivity contribution in [3.63, 3.8) is 0 Å². The van der Waals surface area contributed by atoms with Crippen molar-refractivity contribution in [2.45, 2.75) is 19.9 Å². The summed E-state index contributed by atoms with van der Waals surface area (Å²) in [6, 6.07) is 9.91. The van der Waals surface area contributed by atoms with Gasteiger partial charge in [-0.2, -0.15) is 0 Å². The average Bonchev–Trinajstić information content (AvgIpc) is 2.48. The lowest BCUT2D eigenvalue weighted by molar-refractivity contribution is -0.384. The van der Waals surface area contributed by atoms with Gasteiger partial charge < -0.3 is 10.1 Å². The monoisotopic (exact) mass is 287 g/mol. The third-order valence-electron chi connectivity index (χ3n) is 2.98. The molecule has 0 aliphatic rings. The quantitative estimate of drug-likeness (QED) is 0.650. The van der Waals surface area contributed by atoms with Crippen LogP contribution in [0.3, 0.4) is 0 Å². The highest BCUT2D eigenvalue weighted by molar-refractivity contribution is 5.40. The van der Waals surface area contributed by atoms with E-state index in [-0.39, 0.29) is 11.7 Å². The van der Waals surface area contributed by atoms with Gasteiger partial charge in [0.1, 0.15) is 11.5 Å². The van der Waals surface area contributed by atoms with Gasteiger partial charge in [-0.05, 0) is 31.7 Å². The van der Waals surface area contributed by atoms with E-state index in [4.69, 9.17) is 4.74 Å². The number of nitrogens with one attached hydrogen (secondary N) is 1. The lowest BCUT2D eigenvalue weighted by Crippen LogP contribution is -2.18. The molecule has 0 spiro atoms. The minimum atomic E-state index is -0.452. The maximum Gasteiger partial charge on any atom is 0.273 e. The number of non-ortho nitro benzene ring substituents is 1. The van der Waals surface area contributed by atoms with Gasteiger partial charge in [-0.15, -0.1) is 0 Å². The lowest BCUT2D eigenvalue weighted by Gasteiger charge is -2.12. The van der Waals surface area contributed by atoms with Crippen LogP contribution in [0, 0.1) is 10.1 Å². The number of hydrogen-bond donors (Lipinski definition) is 1. The molecular formula is C15H17N3O3. The first-order valence-corrected chi connectivity index (χ1v) is 6.71. The topological polar surface area (TPSA) is 77.3 Å². The molecule has 0 amide bonds. The molecule has 21 heavy (non-hydrogen) atoms. The van der Waals surface area contributed by atoms with Gasteiger partial charge in [0, 0.05) is 12.1 Å². The summed E-state index contributed by atoms with van der Waals surface area (Å²) in [7, 11) is 0. The Morgan fingerprint density at radius 2 is 2.14 bits per heavy atom. The molecule has 6 nitrogen and oxygen atoms in total. The highest BCUT2D eigenvalue weighted by Gasteiger charge is 2.08. The van der Waals surface area contributed by atoms with Crippen LogP contribution in [0.4, 0.5) is 5.69 Å². The number of hydrogen-bond acceptors (Lipinski definition) is 5. The minimum absolute atomic E-state index is 0.00199. The fourth-order valence-electron chi connectivity index (χ4n) is 1.92. The Bertz CT molecular complexity index is 614. The van der Waals surface area contributed by atoms with Crippen molar-refractivity contribution in [1.82, 2.24) is 10.3 Å². The molecular weight excluding hydrogens is 270 g/mol. The normalized spacial score (nSPS) is 11.9. The summed E-state index contributed by atoms with van der Waals surface area (Å²) in [4.78, 5) is 14.6. The van der Waals surface area contributed by atoms with Gasteiger partial charge in [-0.3, -0.25) is 15.1 Å². The number of rotatable bonds is 6. The Labute approximate surface area is 122 Å². The summed E-state index contributed by atoms with van der Waals surface area (Å²) < 4.78 is 5.58. The van der Waals surface area contributed by atoms with E-state index in [1.165, 1.54) is 12.1 Å². The molecule has 110 valence electrons. The highest BCUT2D eigenvalue weighted by Crippen LogP contribution is 2.25. The molecule has 0 aliphatic heterocycles. The molecule has 1 unspecified atom stereocenters. The zero-order valence-corrected chi connectivity index (χ0v) is 11.9. The van der Waals surface area contributed by atoms with Crippen molar-refractivity contribution in [2.24, 2.45) is 0 Å². The van der Waals surface area contributed by atoms with E-state index in [2.05, 4.69) is 10.3 Å². The molecule has 2 aromatic rings. The zero-order valence-electron chi connectivity index (χ0n) is 11.9. The van der Waals surface area contributed by atoms with Gasteiger partial charge in [-0.25, -0.2) is 0 Å². The van der Waals surface area contributed by atoms with Crippen molar-refractivity contribution in [2.75, 3.05) is 6.54 Å². The number of nitrogens with zero attached hydrogens (tertiary/aromatic N) is 2. The Kier molecular flexibility index (Phi) is 4.84. The molecule has 0 bridgehead atoms. The van der Waals surface area contributed by atoms with Crippen molar-refractivity contribution >= 4 is 5.69 Å². The van der Waals surface area contributed by atoms with Gasteiger partial charge in [0.15, 0.2) is 0 Å². The van der Waals surface area contributed by atoms with Crippen LogP contribution in [0.2, 0.25) is 0 Å².